The molecule has 0 bridgehead atoms. The smallest absolute Gasteiger partial charge is 0.230 e. The summed E-state index contributed by atoms with van der Waals surface area (Å²) < 4.78 is 21.0. The van der Waals surface area contributed by atoms with Gasteiger partial charge in [-0.15, -0.1) is 6.58 Å². The van der Waals surface area contributed by atoms with E-state index in [2.05, 4.69) is 67.9 Å². The van der Waals surface area contributed by atoms with Crippen LogP contribution in [0.3, 0.4) is 0 Å². The molecular formula is C46H60N2O6S. The monoisotopic (exact) mass is 768 g/mol. The first-order chi connectivity index (χ1) is 26.6. The number of aliphatic hydroxyl groups excluding tert-OH is 2. The van der Waals surface area contributed by atoms with Crippen molar-refractivity contribution >= 4 is 17.5 Å². The van der Waals surface area contributed by atoms with Gasteiger partial charge in [0, 0.05) is 43.5 Å². The van der Waals surface area contributed by atoms with E-state index in [9.17, 15) is 10.2 Å². The molecule has 0 amide bonds. The quantitative estimate of drug-likeness (QED) is 0.0750. The van der Waals surface area contributed by atoms with Crippen LogP contribution in [-0.4, -0.2) is 63.1 Å². The van der Waals surface area contributed by atoms with Gasteiger partial charge in [-0.05, 0) is 149 Å². The maximum atomic E-state index is 9.93. The molecule has 0 unspecified atom stereocenters. The summed E-state index contributed by atoms with van der Waals surface area (Å²) in [6.07, 6.45) is 14.6. The van der Waals surface area contributed by atoms with Gasteiger partial charge in [0.2, 0.25) is 5.79 Å². The predicted molar refractivity (Wildman–Crippen MR) is 222 cm³/mol. The second-order valence-corrected chi connectivity index (χ2v) is 17.6. The Kier molecular flexibility index (Phi) is 13.8. The lowest BCUT2D eigenvalue weighted by molar-refractivity contribution is -0.223. The predicted octanol–water partition coefficient (Wildman–Crippen LogP) is 9.90. The molecule has 8 nitrogen and oxygen atoms in total. The Bertz CT molecular complexity index is 1810. The minimum atomic E-state index is -1.01. The fourth-order valence-electron chi connectivity index (χ4n) is 8.51. The first kappa shape index (κ1) is 41.0. The maximum Gasteiger partial charge on any atom is 0.230 e. The van der Waals surface area contributed by atoms with Crippen molar-refractivity contribution in [2.75, 3.05) is 25.6 Å². The van der Waals surface area contributed by atoms with Crippen molar-refractivity contribution in [3.8, 4) is 17.2 Å². The zero-order chi connectivity index (χ0) is 39.0. The van der Waals surface area contributed by atoms with E-state index in [0.29, 0.717) is 13.0 Å². The Hall–Kier alpha value is -3.63. The van der Waals surface area contributed by atoms with Crippen molar-refractivity contribution in [3.63, 3.8) is 0 Å². The minimum absolute atomic E-state index is 0.00174. The number of unbranched alkanes of at least 4 members (excludes halogenated alkanes) is 2. The number of nitrogens with zero attached hydrogens (tertiary/aromatic N) is 2. The maximum absolute atomic E-state index is 9.93. The van der Waals surface area contributed by atoms with Gasteiger partial charge in [-0.1, -0.05) is 36.2 Å². The summed E-state index contributed by atoms with van der Waals surface area (Å²) in [4.78, 5) is 10.5. The summed E-state index contributed by atoms with van der Waals surface area (Å²) in [6.45, 7) is 15.0. The number of benzene rings is 2. The van der Waals surface area contributed by atoms with Crippen LogP contribution in [0.4, 0.5) is 0 Å². The number of rotatable bonds is 18. The van der Waals surface area contributed by atoms with Crippen molar-refractivity contribution in [1.82, 2.24) is 4.98 Å². The van der Waals surface area contributed by atoms with Crippen molar-refractivity contribution in [1.29, 1.82) is 0 Å². The molecule has 6 rings (SSSR count). The molecule has 1 aliphatic heterocycles. The second-order valence-electron chi connectivity index (χ2n) is 16.3. The minimum Gasteiger partial charge on any atom is -0.460 e. The first-order valence-electron chi connectivity index (χ1n) is 20.1. The molecule has 55 heavy (non-hydrogen) atoms. The van der Waals surface area contributed by atoms with Crippen LogP contribution >= 0.6 is 11.8 Å². The molecule has 1 fully saturated rings. The normalized spacial score (nSPS) is 25.0. The SMILES string of the molecule is C=CCO[C@@]12Oc3ccc(Oc4ccc(C)c(C)c4)cc3[C@H]3[C@H](CCCCO)[C@@H](CCCCO)C=C(C(=NOC(C)(C)C)C[C@@H]1SCCc1ccncc1)[C@H]32. The van der Waals surface area contributed by atoms with Crippen LogP contribution in [0.2, 0.25) is 0 Å². The molecule has 0 saturated heterocycles. The van der Waals surface area contributed by atoms with Crippen LogP contribution < -0.4 is 9.47 Å². The third-order valence-electron chi connectivity index (χ3n) is 11.2. The molecule has 3 aliphatic rings. The Labute approximate surface area is 332 Å². The van der Waals surface area contributed by atoms with E-state index in [1.807, 2.05) is 63.1 Å². The number of pyridine rings is 1. The van der Waals surface area contributed by atoms with Crippen molar-refractivity contribution in [3.05, 3.63) is 107 Å². The number of hydrogen-bond acceptors (Lipinski definition) is 9. The number of allylic oxidation sites excluding steroid dienone is 1. The van der Waals surface area contributed by atoms with Crippen LogP contribution in [0.25, 0.3) is 0 Å². The van der Waals surface area contributed by atoms with Gasteiger partial charge in [0.15, 0.2) is 0 Å². The Morgan fingerprint density at radius 1 is 0.964 bits per heavy atom. The number of aliphatic hydroxyl groups is 2. The molecule has 2 heterocycles. The van der Waals surface area contributed by atoms with E-state index in [1.165, 1.54) is 16.7 Å². The fourth-order valence-corrected chi connectivity index (χ4v) is 9.92. The molecule has 296 valence electrons. The van der Waals surface area contributed by atoms with Gasteiger partial charge in [-0.2, -0.15) is 11.8 Å². The van der Waals surface area contributed by atoms with Crippen molar-refractivity contribution in [2.45, 2.75) is 109 Å². The topological polar surface area (TPSA) is 103 Å². The molecule has 0 spiro atoms. The van der Waals surface area contributed by atoms with Gasteiger partial charge in [-0.25, -0.2) is 0 Å². The fraction of sp³-hybridized carbons (Fsp3) is 0.522. The average Bonchev–Trinajstić information content (AvgIpc) is 3.16. The molecule has 9 heteroatoms. The Balaban J connectivity index is 1.52. The summed E-state index contributed by atoms with van der Waals surface area (Å²) in [5, 5.41) is 24.6. The number of aromatic nitrogens is 1. The van der Waals surface area contributed by atoms with E-state index >= 15 is 0 Å². The highest BCUT2D eigenvalue weighted by atomic mass is 32.2. The largest absolute Gasteiger partial charge is 0.460 e. The summed E-state index contributed by atoms with van der Waals surface area (Å²) in [6, 6.07) is 16.6. The van der Waals surface area contributed by atoms with E-state index in [-0.39, 0.29) is 42.1 Å². The lowest BCUT2D eigenvalue weighted by atomic mass is 9.56. The number of aryl methyl sites for hydroxylation is 3. The average molecular weight is 769 g/mol. The summed E-state index contributed by atoms with van der Waals surface area (Å²) >= 11 is 1.87. The molecule has 1 saturated carbocycles. The van der Waals surface area contributed by atoms with Crippen LogP contribution in [0.15, 0.2) is 90.4 Å². The summed E-state index contributed by atoms with van der Waals surface area (Å²) in [7, 11) is 0. The van der Waals surface area contributed by atoms with E-state index in [4.69, 9.17) is 24.2 Å². The number of oxime groups is 1. The second kappa shape index (κ2) is 18.5. The highest BCUT2D eigenvalue weighted by Crippen LogP contribution is 2.62. The summed E-state index contributed by atoms with van der Waals surface area (Å²) in [5.41, 5.74) is 6.35. The molecule has 2 N–H and O–H groups in total. The zero-order valence-electron chi connectivity index (χ0n) is 33.3. The lowest BCUT2D eigenvalue weighted by Crippen LogP contribution is -2.64. The molecule has 6 atom stereocenters. The number of fused-ring (bicyclic) bond motifs is 2. The highest BCUT2D eigenvalue weighted by molar-refractivity contribution is 8.00. The third-order valence-corrected chi connectivity index (χ3v) is 12.6. The van der Waals surface area contributed by atoms with Gasteiger partial charge in [0.25, 0.3) is 0 Å². The molecular weight excluding hydrogens is 709 g/mol. The van der Waals surface area contributed by atoms with Gasteiger partial charge in [0.1, 0.15) is 22.8 Å². The highest BCUT2D eigenvalue weighted by Gasteiger charge is 2.64. The molecule has 3 aromatic rings. The van der Waals surface area contributed by atoms with Crippen LogP contribution in [0.1, 0.15) is 93.9 Å². The third kappa shape index (κ3) is 9.67. The molecule has 2 aliphatic carbocycles. The zero-order valence-corrected chi connectivity index (χ0v) is 34.2. The van der Waals surface area contributed by atoms with Gasteiger partial charge in [0.05, 0.1) is 23.5 Å². The number of ether oxygens (including phenoxy) is 3. The van der Waals surface area contributed by atoms with Crippen molar-refractivity contribution < 1.29 is 29.3 Å². The Morgan fingerprint density at radius 2 is 1.69 bits per heavy atom. The number of hydrogen-bond donors (Lipinski definition) is 2. The molecule has 0 radical (unpaired) electrons. The standard InChI is InChI=1S/C46H60N2O6S/c1-7-25-51-46-42(55-26-20-33-18-21-47-22-19-33)30-40(48-54-45(4,5)6)38-28-34(12-8-10-23-49)37(13-9-11-24-50)43(44(38)46)39-29-36(16-17-41(39)53-46)52-35-15-14-31(2)32(3)27-35/h7,14-19,21-22,27-29,34,37,42-44,49-50H,1,8-13,20,23-26,30H2,2-6H3/t34-,37+,42-,43+,44+,46+/m0/s1. The van der Waals surface area contributed by atoms with Crippen LogP contribution in [0, 0.1) is 31.6 Å². The van der Waals surface area contributed by atoms with Gasteiger partial charge < -0.3 is 29.3 Å². The van der Waals surface area contributed by atoms with E-state index < -0.39 is 11.4 Å². The first-order valence-corrected chi connectivity index (χ1v) is 21.1. The van der Waals surface area contributed by atoms with E-state index in [0.717, 1.165) is 84.8 Å². The van der Waals surface area contributed by atoms with Crippen LogP contribution in [-0.2, 0) is 16.0 Å². The number of thioether (sulfide) groups is 1. The molecule has 1 aromatic heterocycles. The lowest BCUT2D eigenvalue weighted by Gasteiger charge is -2.58. The summed E-state index contributed by atoms with van der Waals surface area (Å²) in [5.74, 6) is 2.45. The van der Waals surface area contributed by atoms with E-state index in [1.54, 1.807) is 0 Å². The van der Waals surface area contributed by atoms with Crippen molar-refractivity contribution in [2.24, 2.45) is 22.9 Å². The Morgan fingerprint density at radius 3 is 2.40 bits per heavy atom. The van der Waals surface area contributed by atoms with Gasteiger partial charge >= 0.3 is 0 Å². The molecule has 2 aromatic carbocycles. The van der Waals surface area contributed by atoms with Gasteiger partial charge in [-0.3, -0.25) is 4.98 Å². The van der Waals surface area contributed by atoms with Crippen LogP contribution in [0.5, 0.6) is 17.2 Å².